The van der Waals surface area contributed by atoms with E-state index in [2.05, 4.69) is 16.0 Å². The fraction of sp³-hybridized carbons (Fsp3) is 0.818. The van der Waals surface area contributed by atoms with Crippen molar-refractivity contribution in [2.75, 3.05) is 26.2 Å². The van der Waals surface area contributed by atoms with Crippen molar-refractivity contribution in [3.63, 3.8) is 0 Å². The molecule has 0 aromatic heterocycles. The Morgan fingerprint density at radius 2 is 2.06 bits per heavy atom. The van der Waals surface area contributed by atoms with E-state index in [1.54, 1.807) is 0 Å². The van der Waals surface area contributed by atoms with Crippen molar-refractivity contribution in [2.45, 2.75) is 20.3 Å². The van der Waals surface area contributed by atoms with Gasteiger partial charge in [-0.25, -0.2) is 0 Å². The zero-order chi connectivity index (χ0) is 12.0. The molecule has 1 fully saturated rings. The molecule has 0 saturated carbocycles. The van der Waals surface area contributed by atoms with Gasteiger partial charge in [-0.15, -0.1) is 0 Å². The molecule has 1 atom stereocenters. The van der Waals surface area contributed by atoms with Crippen molar-refractivity contribution in [1.29, 1.82) is 0 Å². The molecule has 3 N–H and O–H groups in total. The number of hydrogen-bond acceptors (Lipinski definition) is 3. The smallest absolute Gasteiger partial charge is 0.223 e. The average Bonchev–Trinajstić information content (AvgIpc) is 2.15. The van der Waals surface area contributed by atoms with Crippen molar-refractivity contribution in [3.8, 4) is 0 Å². The molecule has 0 bridgehead atoms. The van der Waals surface area contributed by atoms with Crippen LogP contribution < -0.4 is 16.0 Å². The Bertz CT molecular complexity index is 252. The highest BCUT2D eigenvalue weighted by Crippen LogP contribution is 2.15. The monoisotopic (exact) mass is 227 g/mol. The molecule has 5 heteroatoms. The van der Waals surface area contributed by atoms with Gasteiger partial charge in [0.2, 0.25) is 11.8 Å². The molecule has 1 saturated heterocycles. The second-order valence-electron chi connectivity index (χ2n) is 4.20. The minimum Gasteiger partial charge on any atom is -0.356 e. The maximum atomic E-state index is 11.6. The van der Waals surface area contributed by atoms with Crippen LogP contribution in [0.4, 0.5) is 0 Å². The molecule has 0 radical (unpaired) electrons. The molecule has 92 valence electrons. The van der Waals surface area contributed by atoms with Crippen molar-refractivity contribution >= 4 is 11.8 Å². The predicted octanol–water partition coefficient (Wildman–Crippen LogP) is -0.516. The van der Waals surface area contributed by atoms with Gasteiger partial charge in [0.25, 0.3) is 0 Å². The van der Waals surface area contributed by atoms with Crippen molar-refractivity contribution in [3.05, 3.63) is 0 Å². The maximum absolute atomic E-state index is 11.6. The van der Waals surface area contributed by atoms with Crippen LogP contribution in [0.2, 0.25) is 0 Å². The first-order valence-electron chi connectivity index (χ1n) is 5.90. The minimum absolute atomic E-state index is 0.0132. The summed E-state index contributed by atoms with van der Waals surface area (Å²) in [4.78, 5) is 22.8. The van der Waals surface area contributed by atoms with E-state index in [0.29, 0.717) is 25.4 Å². The highest BCUT2D eigenvalue weighted by atomic mass is 16.2. The molecule has 16 heavy (non-hydrogen) atoms. The lowest BCUT2D eigenvalue weighted by Gasteiger charge is -2.31. The molecular weight excluding hydrogens is 206 g/mol. The van der Waals surface area contributed by atoms with Crippen LogP contribution in [-0.4, -0.2) is 38.0 Å². The largest absolute Gasteiger partial charge is 0.356 e. The van der Waals surface area contributed by atoms with Gasteiger partial charge in [-0.2, -0.15) is 0 Å². The van der Waals surface area contributed by atoms with Gasteiger partial charge in [0.1, 0.15) is 0 Å². The zero-order valence-corrected chi connectivity index (χ0v) is 10.0. The molecule has 1 aliphatic heterocycles. The first-order valence-corrected chi connectivity index (χ1v) is 5.90. The Morgan fingerprint density at radius 1 is 1.38 bits per heavy atom. The first-order chi connectivity index (χ1) is 7.65. The number of nitrogens with one attached hydrogen (secondary N) is 3. The summed E-state index contributed by atoms with van der Waals surface area (Å²) in [5.74, 6) is 0.525. The van der Waals surface area contributed by atoms with E-state index >= 15 is 0 Å². The standard InChI is InChI=1S/C11H21N3O2/c1-3-13-10(15)4-5-14-11(16)8(2)9-6-12-7-9/h8-9,12H,3-7H2,1-2H3,(H,13,15)(H,14,16). The number of amides is 2. The molecule has 2 amide bonds. The lowest BCUT2D eigenvalue weighted by atomic mass is 9.88. The summed E-state index contributed by atoms with van der Waals surface area (Å²) in [5, 5.41) is 8.63. The Balaban J connectivity index is 2.11. The van der Waals surface area contributed by atoms with Crippen LogP contribution in [0.25, 0.3) is 0 Å². The van der Waals surface area contributed by atoms with Gasteiger partial charge in [0.05, 0.1) is 0 Å². The Morgan fingerprint density at radius 3 is 2.56 bits per heavy atom. The van der Waals surface area contributed by atoms with E-state index in [0.717, 1.165) is 13.1 Å². The SMILES string of the molecule is CCNC(=O)CCNC(=O)C(C)C1CNC1. The van der Waals surface area contributed by atoms with Crippen LogP contribution >= 0.6 is 0 Å². The minimum atomic E-state index is -0.0132. The molecule has 1 aliphatic rings. The zero-order valence-electron chi connectivity index (χ0n) is 10.0. The molecule has 5 nitrogen and oxygen atoms in total. The lowest BCUT2D eigenvalue weighted by molar-refractivity contribution is -0.126. The summed E-state index contributed by atoms with van der Waals surface area (Å²) in [7, 11) is 0. The van der Waals surface area contributed by atoms with Crippen LogP contribution in [0.5, 0.6) is 0 Å². The van der Waals surface area contributed by atoms with Crippen molar-refractivity contribution in [1.82, 2.24) is 16.0 Å². The topological polar surface area (TPSA) is 70.2 Å². The Hall–Kier alpha value is -1.10. The quantitative estimate of drug-likeness (QED) is 0.572. The maximum Gasteiger partial charge on any atom is 0.223 e. The molecule has 0 aliphatic carbocycles. The van der Waals surface area contributed by atoms with Gasteiger partial charge in [-0.3, -0.25) is 9.59 Å². The third kappa shape index (κ3) is 3.81. The van der Waals surface area contributed by atoms with Crippen LogP contribution in [0.1, 0.15) is 20.3 Å². The van der Waals surface area contributed by atoms with E-state index in [1.165, 1.54) is 0 Å². The molecule has 0 spiro atoms. The summed E-state index contributed by atoms with van der Waals surface area (Å²) in [5.41, 5.74) is 0. The van der Waals surface area contributed by atoms with Gasteiger partial charge in [0, 0.05) is 25.4 Å². The van der Waals surface area contributed by atoms with Crippen LogP contribution in [0.15, 0.2) is 0 Å². The van der Waals surface area contributed by atoms with Crippen molar-refractivity contribution in [2.24, 2.45) is 11.8 Å². The third-order valence-electron chi connectivity index (χ3n) is 2.96. The summed E-state index contributed by atoms with van der Waals surface area (Å²) in [6.45, 7) is 6.72. The summed E-state index contributed by atoms with van der Waals surface area (Å²) in [6, 6.07) is 0. The Kier molecular flexibility index (Phi) is 5.25. The van der Waals surface area contributed by atoms with E-state index in [-0.39, 0.29) is 17.7 Å². The summed E-state index contributed by atoms with van der Waals surface area (Å²) < 4.78 is 0. The fourth-order valence-electron chi connectivity index (χ4n) is 1.62. The summed E-state index contributed by atoms with van der Waals surface area (Å²) in [6.07, 6.45) is 0.356. The normalized spacial score (nSPS) is 17.4. The number of rotatable bonds is 6. The average molecular weight is 227 g/mol. The van der Waals surface area contributed by atoms with Gasteiger partial charge in [-0.05, 0) is 25.9 Å². The van der Waals surface area contributed by atoms with E-state index in [4.69, 9.17) is 0 Å². The second kappa shape index (κ2) is 6.48. The van der Waals surface area contributed by atoms with Crippen molar-refractivity contribution < 1.29 is 9.59 Å². The lowest BCUT2D eigenvalue weighted by Crippen LogP contribution is -2.49. The van der Waals surface area contributed by atoms with Gasteiger partial charge < -0.3 is 16.0 Å². The van der Waals surface area contributed by atoms with Gasteiger partial charge in [0.15, 0.2) is 0 Å². The van der Waals surface area contributed by atoms with E-state index in [1.807, 2.05) is 13.8 Å². The van der Waals surface area contributed by atoms with Crippen LogP contribution in [-0.2, 0) is 9.59 Å². The van der Waals surface area contributed by atoms with Crippen LogP contribution in [0.3, 0.4) is 0 Å². The van der Waals surface area contributed by atoms with Crippen LogP contribution in [0, 0.1) is 11.8 Å². The number of carbonyl (C=O) groups excluding carboxylic acids is 2. The molecule has 0 aromatic rings. The molecule has 1 rings (SSSR count). The Labute approximate surface area is 96.4 Å². The molecule has 1 unspecified atom stereocenters. The molecule has 0 aromatic carbocycles. The second-order valence-corrected chi connectivity index (χ2v) is 4.20. The van der Waals surface area contributed by atoms with Gasteiger partial charge >= 0.3 is 0 Å². The molecule has 1 heterocycles. The fourth-order valence-corrected chi connectivity index (χ4v) is 1.62. The third-order valence-corrected chi connectivity index (χ3v) is 2.96. The molecular formula is C11H21N3O2. The summed E-state index contributed by atoms with van der Waals surface area (Å²) >= 11 is 0. The number of hydrogen-bond donors (Lipinski definition) is 3. The van der Waals surface area contributed by atoms with E-state index < -0.39 is 0 Å². The van der Waals surface area contributed by atoms with E-state index in [9.17, 15) is 9.59 Å². The highest BCUT2D eigenvalue weighted by Gasteiger charge is 2.28. The number of carbonyl (C=O) groups is 2. The first kappa shape index (κ1) is 13.0. The van der Waals surface area contributed by atoms with Gasteiger partial charge in [-0.1, -0.05) is 6.92 Å². The highest BCUT2D eigenvalue weighted by molar-refractivity contribution is 5.80. The predicted molar refractivity (Wildman–Crippen MR) is 61.8 cm³/mol.